The summed E-state index contributed by atoms with van der Waals surface area (Å²) in [6, 6.07) is 0. The summed E-state index contributed by atoms with van der Waals surface area (Å²) in [7, 11) is 1.87. The molecule has 1 rings (SSSR count). The molecule has 0 aromatic rings. The van der Waals surface area contributed by atoms with Crippen molar-refractivity contribution < 1.29 is 4.84 Å². The lowest BCUT2D eigenvalue weighted by atomic mass is 9.73. The second-order valence-corrected chi connectivity index (χ2v) is 9.75. The van der Waals surface area contributed by atoms with Crippen LogP contribution in [-0.2, 0) is 4.84 Å². The maximum absolute atomic E-state index is 5.70. The minimum atomic E-state index is 0.125. The molecule has 0 aliphatic carbocycles. The van der Waals surface area contributed by atoms with E-state index in [1.54, 1.807) is 0 Å². The van der Waals surface area contributed by atoms with Crippen LogP contribution >= 0.6 is 0 Å². The molecule has 0 saturated carbocycles. The molecule has 0 bridgehead atoms. The van der Waals surface area contributed by atoms with Gasteiger partial charge in [0.25, 0.3) is 0 Å². The summed E-state index contributed by atoms with van der Waals surface area (Å²) in [4.78, 5) is 10.1. The van der Waals surface area contributed by atoms with Crippen LogP contribution in [0.1, 0.15) is 82.1 Å². The Kier molecular flexibility index (Phi) is 8.46. The van der Waals surface area contributed by atoms with Crippen LogP contribution in [0, 0.1) is 17.3 Å². The van der Waals surface area contributed by atoms with Crippen LogP contribution in [0.25, 0.3) is 0 Å². The van der Waals surface area contributed by atoms with Gasteiger partial charge in [0.1, 0.15) is 6.10 Å². The molecule has 1 aliphatic heterocycles. The first-order chi connectivity index (χ1) is 12.8. The number of hydrogen-bond donors (Lipinski definition) is 0. The first kappa shape index (κ1) is 24.4. The van der Waals surface area contributed by atoms with Crippen LogP contribution < -0.4 is 0 Å². The highest BCUT2D eigenvalue weighted by Crippen LogP contribution is 2.39. The second kappa shape index (κ2) is 9.71. The lowest BCUT2D eigenvalue weighted by molar-refractivity contribution is 0.0471. The van der Waals surface area contributed by atoms with Gasteiger partial charge in [-0.15, -0.1) is 0 Å². The van der Waals surface area contributed by atoms with E-state index in [2.05, 4.69) is 86.0 Å². The third-order valence-electron chi connectivity index (χ3n) is 6.06. The van der Waals surface area contributed by atoms with Gasteiger partial charge in [0.15, 0.2) is 0 Å². The summed E-state index contributed by atoms with van der Waals surface area (Å²) in [6.07, 6.45) is 1.93. The third kappa shape index (κ3) is 5.93. The number of hydrogen-bond acceptors (Lipinski definition) is 3. The van der Waals surface area contributed by atoms with Gasteiger partial charge in [-0.2, -0.15) is 0 Å². The van der Waals surface area contributed by atoms with E-state index in [4.69, 9.17) is 4.84 Å². The van der Waals surface area contributed by atoms with E-state index in [0.29, 0.717) is 11.8 Å². The SMILES string of the molecule is C=C(C)/C(CC(C)/C(C)=N\C)=C(/C)C(CC1=NOC(C)C1C(C)(C)C)=C(C)C. The van der Waals surface area contributed by atoms with Gasteiger partial charge >= 0.3 is 0 Å². The van der Waals surface area contributed by atoms with E-state index in [9.17, 15) is 0 Å². The lowest BCUT2D eigenvalue weighted by Gasteiger charge is -2.30. The zero-order chi connectivity index (χ0) is 21.8. The highest BCUT2D eigenvalue weighted by Gasteiger charge is 2.40. The predicted molar refractivity (Wildman–Crippen MR) is 124 cm³/mol. The van der Waals surface area contributed by atoms with Crippen molar-refractivity contribution in [2.75, 3.05) is 7.05 Å². The Morgan fingerprint density at radius 3 is 2.14 bits per heavy atom. The molecular weight excluding hydrogens is 344 g/mol. The molecule has 0 aromatic heterocycles. The molecule has 0 N–H and O–H groups in total. The smallest absolute Gasteiger partial charge is 0.133 e. The monoisotopic (exact) mass is 386 g/mol. The number of oxime groups is 1. The molecular formula is C25H42N2O. The molecule has 158 valence electrons. The zero-order valence-corrected chi connectivity index (χ0v) is 20.2. The Balaban J connectivity index is 3.31. The largest absolute Gasteiger partial charge is 0.392 e. The van der Waals surface area contributed by atoms with Crippen molar-refractivity contribution in [3.8, 4) is 0 Å². The Morgan fingerprint density at radius 2 is 1.71 bits per heavy atom. The van der Waals surface area contributed by atoms with Gasteiger partial charge in [0.05, 0.1) is 5.71 Å². The van der Waals surface area contributed by atoms with E-state index in [1.807, 2.05) is 7.05 Å². The summed E-state index contributed by atoms with van der Waals surface area (Å²) in [5, 5.41) is 4.49. The fourth-order valence-corrected chi connectivity index (χ4v) is 4.25. The van der Waals surface area contributed by atoms with Gasteiger partial charge in [-0.3, -0.25) is 4.99 Å². The molecule has 3 nitrogen and oxygen atoms in total. The molecule has 1 heterocycles. The van der Waals surface area contributed by atoms with Gasteiger partial charge in [-0.05, 0) is 76.0 Å². The molecule has 0 saturated heterocycles. The molecule has 0 amide bonds. The Morgan fingerprint density at radius 1 is 1.14 bits per heavy atom. The average Bonchev–Trinajstić information content (AvgIpc) is 2.95. The van der Waals surface area contributed by atoms with Crippen molar-refractivity contribution in [1.29, 1.82) is 0 Å². The van der Waals surface area contributed by atoms with Crippen molar-refractivity contribution in [2.45, 2.75) is 88.2 Å². The van der Waals surface area contributed by atoms with Crippen LogP contribution in [0.4, 0.5) is 0 Å². The van der Waals surface area contributed by atoms with Crippen LogP contribution in [0.5, 0.6) is 0 Å². The summed E-state index contributed by atoms with van der Waals surface area (Å²) in [5.41, 5.74) is 8.97. The Bertz CT molecular complexity index is 709. The standard InChI is InChI=1S/C25H42N2O/c1-15(2)21(13-17(5)19(7)26-12)18(6)22(16(3)4)14-23-24(25(9,10)11)20(8)28-27-23/h17,20,24H,1,13-14H2,2-12H3/b21-18-,26-19-. The molecule has 3 atom stereocenters. The molecule has 0 radical (unpaired) electrons. The highest BCUT2D eigenvalue weighted by atomic mass is 16.6. The van der Waals surface area contributed by atoms with Crippen molar-refractivity contribution >= 4 is 11.4 Å². The van der Waals surface area contributed by atoms with Crippen molar-refractivity contribution in [3.05, 3.63) is 34.4 Å². The quantitative estimate of drug-likeness (QED) is 0.337. The minimum absolute atomic E-state index is 0.125. The van der Waals surface area contributed by atoms with Gasteiger partial charge in [0.2, 0.25) is 0 Å². The molecule has 28 heavy (non-hydrogen) atoms. The van der Waals surface area contributed by atoms with E-state index >= 15 is 0 Å². The predicted octanol–water partition coefficient (Wildman–Crippen LogP) is 7.16. The summed E-state index contributed by atoms with van der Waals surface area (Å²) < 4.78 is 0. The second-order valence-electron chi connectivity index (χ2n) is 9.75. The maximum atomic E-state index is 5.70. The van der Waals surface area contributed by atoms with Crippen molar-refractivity contribution in [1.82, 2.24) is 0 Å². The first-order valence-electron chi connectivity index (χ1n) is 10.5. The molecule has 1 aliphatic rings. The molecule has 3 unspecified atom stereocenters. The fraction of sp³-hybridized carbons (Fsp3) is 0.680. The van der Waals surface area contributed by atoms with E-state index in [0.717, 1.165) is 24.1 Å². The molecule has 0 spiro atoms. The van der Waals surface area contributed by atoms with Gasteiger partial charge in [-0.25, -0.2) is 0 Å². The lowest BCUT2D eigenvalue weighted by Crippen LogP contribution is -2.33. The average molecular weight is 387 g/mol. The van der Waals surface area contributed by atoms with E-state index in [-0.39, 0.29) is 11.5 Å². The van der Waals surface area contributed by atoms with E-state index < -0.39 is 0 Å². The topological polar surface area (TPSA) is 34.0 Å². The molecule has 3 heteroatoms. The van der Waals surface area contributed by atoms with Crippen LogP contribution in [0.2, 0.25) is 0 Å². The van der Waals surface area contributed by atoms with Gasteiger partial charge < -0.3 is 4.84 Å². The molecule has 0 fully saturated rings. The summed E-state index contributed by atoms with van der Waals surface area (Å²) in [6.45, 7) is 26.3. The summed E-state index contributed by atoms with van der Waals surface area (Å²) in [5.74, 6) is 0.732. The number of rotatable bonds is 7. The normalized spacial score (nSPS) is 22.2. The zero-order valence-electron chi connectivity index (χ0n) is 20.2. The maximum Gasteiger partial charge on any atom is 0.133 e. The van der Waals surface area contributed by atoms with Gasteiger partial charge in [-0.1, -0.05) is 50.6 Å². The summed E-state index contributed by atoms with van der Waals surface area (Å²) >= 11 is 0. The van der Waals surface area contributed by atoms with Crippen molar-refractivity contribution in [3.63, 3.8) is 0 Å². The number of aliphatic imine (C=N–C) groups is 1. The Labute approximate surface area is 173 Å². The Hall–Kier alpha value is -1.64. The number of allylic oxidation sites excluding steroid dienone is 5. The fourth-order valence-electron chi connectivity index (χ4n) is 4.25. The van der Waals surface area contributed by atoms with Gasteiger partial charge in [0, 0.05) is 25.1 Å². The van der Waals surface area contributed by atoms with Crippen LogP contribution in [0.3, 0.4) is 0 Å². The highest BCUT2D eigenvalue weighted by molar-refractivity contribution is 5.91. The first-order valence-corrected chi connectivity index (χ1v) is 10.5. The van der Waals surface area contributed by atoms with Crippen LogP contribution in [-0.4, -0.2) is 24.6 Å². The minimum Gasteiger partial charge on any atom is -0.392 e. The molecule has 0 aromatic carbocycles. The number of nitrogens with zero attached hydrogens (tertiary/aromatic N) is 2. The van der Waals surface area contributed by atoms with Crippen LogP contribution in [0.15, 0.2) is 44.6 Å². The van der Waals surface area contributed by atoms with Crippen molar-refractivity contribution in [2.24, 2.45) is 27.4 Å². The van der Waals surface area contributed by atoms with E-state index in [1.165, 1.54) is 28.0 Å². The third-order valence-corrected chi connectivity index (χ3v) is 6.06.